The van der Waals surface area contributed by atoms with E-state index in [0.29, 0.717) is 12.3 Å². The Morgan fingerprint density at radius 2 is 2.00 bits per heavy atom. The van der Waals surface area contributed by atoms with E-state index in [1.165, 1.54) is 19.3 Å². The molecule has 1 aliphatic carbocycles. The fourth-order valence-electron chi connectivity index (χ4n) is 2.08. The summed E-state index contributed by atoms with van der Waals surface area (Å²) in [6.45, 7) is 1.88. The number of rotatable bonds is 2. The summed E-state index contributed by atoms with van der Waals surface area (Å²) in [5, 5.41) is 10.00. The second-order valence-electron chi connectivity index (χ2n) is 4.07. The van der Waals surface area contributed by atoms with Gasteiger partial charge in [-0.15, -0.1) is 12.3 Å². The Bertz CT molecular complexity index is 170. The van der Waals surface area contributed by atoms with Crippen LogP contribution in [0.25, 0.3) is 0 Å². The fraction of sp³-hybridized carbons (Fsp3) is 0.818. The smallest absolute Gasteiger partial charge is 0.0756 e. The summed E-state index contributed by atoms with van der Waals surface area (Å²) >= 11 is 0. The highest BCUT2D eigenvalue weighted by molar-refractivity contribution is 4.96. The maximum Gasteiger partial charge on any atom is 0.0756 e. The van der Waals surface area contributed by atoms with Crippen molar-refractivity contribution >= 4 is 0 Å². The first-order chi connectivity index (χ1) is 5.67. The van der Waals surface area contributed by atoms with Gasteiger partial charge in [-0.05, 0) is 25.7 Å². The molecule has 1 fully saturated rings. The van der Waals surface area contributed by atoms with Crippen LogP contribution in [0, 0.1) is 18.3 Å². The molecule has 0 aromatic carbocycles. The minimum absolute atomic E-state index is 0.433. The van der Waals surface area contributed by atoms with Gasteiger partial charge in [-0.1, -0.05) is 19.3 Å². The van der Waals surface area contributed by atoms with Crippen molar-refractivity contribution in [2.45, 2.75) is 51.0 Å². The molecule has 0 aromatic rings. The first-order valence-corrected chi connectivity index (χ1v) is 4.82. The summed E-state index contributed by atoms with van der Waals surface area (Å²) in [6, 6.07) is 0. The van der Waals surface area contributed by atoms with Crippen molar-refractivity contribution in [2.24, 2.45) is 5.92 Å². The van der Waals surface area contributed by atoms with Crippen LogP contribution >= 0.6 is 0 Å². The van der Waals surface area contributed by atoms with Crippen LogP contribution in [0.15, 0.2) is 0 Å². The predicted molar refractivity (Wildman–Crippen MR) is 50.6 cm³/mol. The molecule has 0 bridgehead atoms. The molecule has 68 valence electrons. The van der Waals surface area contributed by atoms with Crippen LogP contribution < -0.4 is 0 Å². The van der Waals surface area contributed by atoms with E-state index in [0.717, 1.165) is 12.8 Å². The van der Waals surface area contributed by atoms with Gasteiger partial charge in [0.2, 0.25) is 0 Å². The highest BCUT2D eigenvalue weighted by Gasteiger charge is 2.31. The third-order valence-corrected chi connectivity index (χ3v) is 2.94. The van der Waals surface area contributed by atoms with Gasteiger partial charge in [-0.25, -0.2) is 0 Å². The zero-order chi connectivity index (χ0) is 9.03. The number of hydrogen-bond donors (Lipinski definition) is 1. The van der Waals surface area contributed by atoms with Gasteiger partial charge in [0.25, 0.3) is 0 Å². The zero-order valence-corrected chi connectivity index (χ0v) is 7.84. The number of terminal acetylenes is 1. The van der Waals surface area contributed by atoms with Gasteiger partial charge in [0, 0.05) is 6.42 Å². The largest absolute Gasteiger partial charge is 0.389 e. The second kappa shape index (κ2) is 3.96. The minimum Gasteiger partial charge on any atom is -0.389 e. The molecule has 0 heterocycles. The van der Waals surface area contributed by atoms with Crippen molar-refractivity contribution in [2.75, 3.05) is 0 Å². The molecule has 0 radical (unpaired) electrons. The molecule has 0 aliphatic heterocycles. The van der Waals surface area contributed by atoms with E-state index in [1.54, 1.807) is 0 Å². The molecule has 12 heavy (non-hydrogen) atoms. The van der Waals surface area contributed by atoms with Crippen molar-refractivity contribution in [3.05, 3.63) is 0 Å². The van der Waals surface area contributed by atoms with Crippen LogP contribution in [-0.2, 0) is 0 Å². The Morgan fingerprint density at radius 1 is 1.42 bits per heavy atom. The van der Waals surface area contributed by atoms with Gasteiger partial charge in [0.05, 0.1) is 5.60 Å². The lowest BCUT2D eigenvalue weighted by molar-refractivity contribution is -0.0118. The third-order valence-electron chi connectivity index (χ3n) is 2.94. The summed E-state index contributed by atoms with van der Waals surface area (Å²) in [7, 11) is 0. The molecule has 1 unspecified atom stereocenters. The molecule has 1 rings (SSSR count). The lowest BCUT2D eigenvalue weighted by atomic mass is 9.76. The molecular weight excluding hydrogens is 148 g/mol. The average molecular weight is 166 g/mol. The van der Waals surface area contributed by atoms with E-state index in [1.807, 2.05) is 6.92 Å². The Balaban J connectivity index is 2.48. The van der Waals surface area contributed by atoms with E-state index in [-0.39, 0.29) is 0 Å². The summed E-state index contributed by atoms with van der Waals surface area (Å²) in [5.41, 5.74) is -0.616. The number of aliphatic hydroxyl groups is 1. The summed E-state index contributed by atoms with van der Waals surface area (Å²) < 4.78 is 0. The molecular formula is C11H18O. The monoisotopic (exact) mass is 166 g/mol. The van der Waals surface area contributed by atoms with E-state index in [9.17, 15) is 5.11 Å². The van der Waals surface area contributed by atoms with E-state index < -0.39 is 5.60 Å². The van der Waals surface area contributed by atoms with Crippen LogP contribution in [0.4, 0.5) is 0 Å². The Labute approximate surface area is 75.2 Å². The minimum atomic E-state index is -0.616. The molecule has 1 aliphatic rings. The van der Waals surface area contributed by atoms with Gasteiger partial charge in [-0.2, -0.15) is 0 Å². The summed E-state index contributed by atoms with van der Waals surface area (Å²) in [4.78, 5) is 0. The lowest BCUT2D eigenvalue weighted by Gasteiger charge is -2.34. The van der Waals surface area contributed by atoms with Gasteiger partial charge in [0.1, 0.15) is 0 Å². The Kier molecular flexibility index (Phi) is 3.17. The second-order valence-corrected chi connectivity index (χ2v) is 4.07. The molecule has 0 saturated heterocycles. The van der Waals surface area contributed by atoms with Gasteiger partial charge in [-0.3, -0.25) is 0 Å². The SMILES string of the molecule is C#CCC(C)(O)C1CCCCC1. The molecule has 1 N–H and O–H groups in total. The standard InChI is InChI=1S/C11H18O/c1-3-9-11(2,12)10-7-5-4-6-8-10/h1,10,12H,4-9H2,2H3. The van der Waals surface area contributed by atoms with Crippen LogP contribution in [-0.4, -0.2) is 10.7 Å². The molecule has 0 amide bonds. The molecule has 1 nitrogen and oxygen atoms in total. The van der Waals surface area contributed by atoms with Crippen LogP contribution in [0.3, 0.4) is 0 Å². The van der Waals surface area contributed by atoms with Crippen LogP contribution in [0.5, 0.6) is 0 Å². The van der Waals surface area contributed by atoms with Crippen molar-refractivity contribution < 1.29 is 5.11 Å². The summed E-state index contributed by atoms with van der Waals surface area (Å²) in [5.74, 6) is 2.99. The van der Waals surface area contributed by atoms with Crippen molar-refractivity contribution in [1.29, 1.82) is 0 Å². The summed E-state index contributed by atoms with van der Waals surface area (Å²) in [6.07, 6.45) is 11.8. The van der Waals surface area contributed by atoms with E-state index >= 15 is 0 Å². The quantitative estimate of drug-likeness (QED) is 0.624. The molecule has 0 spiro atoms. The highest BCUT2D eigenvalue weighted by Crippen LogP contribution is 2.34. The molecule has 0 aromatic heterocycles. The predicted octanol–water partition coefficient (Wildman–Crippen LogP) is 2.34. The first kappa shape index (κ1) is 9.61. The average Bonchev–Trinajstić information content (AvgIpc) is 2.06. The zero-order valence-electron chi connectivity index (χ0n) is 7.84. The third kappa shape index (κ3) is 2.25. The molecule has 1 heteroatoms. The maximum absolute atomic E-state index is 10.00. The number of hydrogen-bond acceptors (Lipinski definition) is 1. The lowest BCUT2D eigenvalue weighted by Crippen LogP contribution is -2.35. The highest BCUT2D eigenvalue weighted by atomic mass is 16.3. The topological polar surface area (TPSA) is 20.2 Å². The fourth-order valence-corrected chi connectivity index (χ4v) is 2.08. The van der Waals surface area contributed by atoms with Gasteiger partial charge >= 0.3 is 0 Å². The van der Waals surface area contributed by atoms with Crippen molar-refractivity contribution in [3.8, 4) is 12.3 Å². The Hall–Kier alpha value is -0.480. The molecule has 1 saturated carbocycles. The first-order valence-electron chi connectivity index (χ1n) is 4.82. The van der Waals surface area contributed by atoms with Gasteiger partial charge < -0.3 is 5.11 Å². The Morgan fingerprint density at radius 3 is 2.50 bits per heavy atom. The normalized spacial score (nSPS) is 24.4. The van der Waals surface area contributed by atoms with E-state index in [4.69, 9.17) is 6.42 Å². The molecule has 1 atom stereocenters. The van der Waals surface area contributed by atoms with Gasteiger partial charge in [0.15, 0.2) is 0 Å². The van der Waals surface area contributed by atoms with Crippen molar-refractivity contribution in [1.82, 2.24) is 0 Å². The van der Waals surface area contributed by atoms with Crippen molar-refractivity contribution in [3.63, 3.8) is 0 Å². The van der Waals surface area contributed by atoms with E-state index in [2.05, 4.69) is 5.92 Å². The maximum atomic E-state index is 10.00. The van der Waals surface area contributed by atoms with Crippen LogP contribution in [0.2, 0.25) is 0 Å². The van der Waals surface area contributed by atoms with Crippen LogP contribution in [0.1, 0.15) is 45.4 Å².